The van der Waals surface area contributed by atoms with Gasteiger partial charge in [0.2, 0.25) is 0 Å². The van der Waals surface area contributed by atoms with Crippen molar-refractivity contribution in [3.63, 3.8) is 0 Å². The fourth-order valence-electron chi connectivity index (χ4n) is 1.33. The van der Waals surface area contributed by atoms with Crippen molar-refractivity contribution in [1.29, 1.82) is 0 Å². The molecule has 0 aliphatic carbocycles. The van der Waals surface area contributed by atoms with Crippen molar-refractivity contribution in [3.8, 4) is 0 Å². The van der Waals surface area contributed by atoms with Crippen molar-refractivity contribution in [1.82, 2.24) is 0 Å². The Bertz CT molecular complexity index is 514. The van der Waals surface area contributed by atoms with Crippen molar-refractivity contribution in [3.05, 3.63) is 40.8 Å². The normalized spacial score (nSPS) is 10.4. The highest BCUT2D eigenvalue weighted by molar-refractivity contribution is 5.80. The number of fused-ring (bicyclic) bond motifs is 1. The maximum atomic E-state index is 11.0. The van der Waals surface area contributed by atoms with E-state index in [1.807, 2.05) is 37.2 Å². The molecular weight excluding hydrogens is 178 g/mol. The van der Waals surface area contributed by atoms with Crippen molar-refractivity contribution in [2.45, 2.75) is 0 Å². The standard InChI is InChI=1S/C11H11NO2/c1-12(2)9-5-3-8-4-6-11(13)14-10(8)7-9/h3-7H,1-2H3. The molecule has 0 aliphatic rings. The van der Waals surface area contributed by atoms with Crippen molar-refractivity contribution in [2.75, 3.05) is 19.0 Å². The highest BCUT2D eigenvalue weighted by Gasteiger charge is 2.00. The molecule has 0 amide bonds. The Kier molecular flexibility index (Phi) is 2.00. The minimum atomic E-state index is -0.312. The molecule has 0 unspecified atom stereocenters. The minimum absolute atomic E-state index is 0.312. The van der Waals surface area contributed by atoms with E-state index >= 15 is 0 Å². The molecule has 2 aromatic rings. The second-order valence-electron chi connectivity index (χ2n) is 3.37. The van der Waals surface area contributed by atoms with Gasteiger partial charge >= 0.3 is 5.63 Å². The smallest absolute Gasteiger partial charge is 0.336 e. The molecule has 0 spiro atoms. The van der Waals surface area contributed by atoms with E-state index in [0.717, 1.165) is 11.1 Å². The first-order valence-corrected chi connectivity index (χ1v) is 4.38. The fraction of sp³-hybridized carbons (Fsp3) is 0.182. The van der Waals surface area contributed by atoms with Gasteiger partial charge in [0.1, 0.15) is 5.58 Å². The molecule has 1 aromatic carbocycles. The summed E-state index contributed by atoms with van der Waals surface area (Å²) in [5, 5.41) is 0.940. The molecule has 0 bridgehead atoms. The van der Waals surface area contributed by atoms with Gasteiger partial charge in [0, 0.05) is 37.3 Å². The highest BCUT2D eigenvalue weighted by Crippen LogP contribution is 2.18. The molecule has 0 fully saturated rings. The molecule has 1 heterocycles. The number of anilines is 1. The average Bonchev–Trinajstić information content (AvgIpc) is 2.16. The van der Waals surface area contributed by atoms with Gasteiger partial charge in [-0.15, -0.1) is 0 Å². The van der Waals surface area contributed by atoms with E-state index in [-0.39, 0.29) is 5.63 Å². The van der Waals surface area contributed by atoms with Gasteiger partial charge < -0.3 is 9.32 Å². The Hall–Kier alpha value is -1.77. The largest absolute Gasteiger partial charge is 0.423 e. The molecule has 0 radical (unpaired) electrons. The van der Waals surface area contributed by atoms with Gasteiger partial charge in [-0.25, -0.2) is 4.79 Å². The third kappa shape index (κ3) is 1.48. The summed E-state index contributed by atoms with van der Waals surface area (Å²) in [6.07, 6.45) is 0. The van der Waals surface area contributed by atoms with Crippen LogP contribution in [0.5, 0.6) is 0 Å². The van der Waals surface area contributed by atoms with E-state index < -0.39 is 0 Å². The SMILES string of the molecule is CN(C)c1ccc2ccc(=O)oc2c1. The Morgan fingerprint density at radius 1 is 1.14 bits per heavy atom. The Morgan fingerprint density at radius 3 is 2.57 bits per heavy atom. The number of nitrogens with zero attached hydrogens (tertiary/aromatic N) is 1. The quantitative estimate of drug-likeness (QED) is 0.642. The van der Waals surface area contributed by atoms with Crippen molar-refractivity contribution in [2.24, 2.45) is 0 Å². The second kappa shape index (κ2) is 3.18. The second-order valence-corrected chi connectivity index (χ2v) is 3.37. The van der Waals surface area contributed by atoms with Crippen LogP contribution in [0.15, 0.2) is 39.5 Å². The van der Waals surface area contributed by atoms with Gasteiger partial charge in [-0.1, -0.05) is 0 Å². The molecule has 72 valence electrons. The lowest BCUT2D eigenvalue weighted by Crippen LogP contribution is -2.08. The third-order valence-electron chi connectivity index (χ3n) is 2.12. The summed E-state index contributed by atoms with van der Waals surface area (Å²) in [6, 6.07) is 8.98. The maximum Gasteiger partial charge on any atom is 0.336 e. The Labute approximate surface area is 81.6 Å². The van der Waals surface area contributed by atoms with Gasteiger partial charge in [0.15, 0.2) is 0 Å². The molecule has 3 heteroatoms. The first-order chi connectivity index (χ1) is 6.66. The monoisotopic (exact) mass is 189 g/mol. The summed E-state index contributed by atoms with van der Waals surface area (Å²) in [6.45, 7) is 0. The lowest BCUT2D eigenvalue weighted by molar-refractivity contribution is 0.561. The van der Waals surface area contributed by atoms with Crippen LogP contribution >= 0.6 is 0 Å². The molecule has 0 N–H and O–H groups in total. The maximum absolute atomic E-state index is 11.0. The fourth-order valence-corrected chi connectivity index (χ4v) is 1.33. The van der Waals surface area contributed by atoms with Crippen LogP contribution in [0.1, 0.15) is 0 Å². The van der Waals surface area contributed by atoms with Crippen LogP contribution in [-0.4, -0.2) is 14.1 Å². The topological polar surface area (TPSA) is 33.5 Å². The average molecular weight is 189 g/mol. The molecule has 0 atom stereocenters. The minimum Gasteiger partial charge on any atom is -0.423 e. The number of hydrogen-bond donors (Lipinski definition) is 0. The number of rotatable bonds is 1. The summed E-state index contributed by atoms with van der Waals surface area (Å²) in [5.74, 6) is 0. The van der Waals surface area contributed by atoms with Crippen LogP contribution in [0.25, 0.3) is 11.0 Å². The third-order valence-corrected chi connectivity index (χ3v) is 2.12. The van der Waals surface area contributed by atoms with E-state index in [4.69, 9.17) is 4.42 Å². The van der Waals surface area contributed by atoms with E-state index in [9.17, 15) is 4.79 Å². The summed E-state index contributed by atoms with van der Waals surface area (Å²) in [5.41, 5.74) is 1.34. The van der Waals surface area contributed by atoms with Crippen LogP contribution in [-0.2, 0) is 0 Å². The van der Waals surface area contributed by atoms with E-state index in [1.54, 1.807) is 6.07 Å². The molecule has 2 rings (SSSR count). The van der Waals surface area contributed by atoms with E-state index in [1.165, 1.54) is 6.07 Å². The van der Waals surface area contributed by atoms with Crippen molar-refractivity contribution < 1.29 is 4.42 Å². The number of benzene rings is 1. The first kappa shape index (κ1) is 8.81. The predicted octanol–water partition coefficient (Wildman–Crippen LogP) is 1.86. The van der Waals surface area contributed by atoms with Crippen LogP contribution in [0.3, 0.4) is 0 Å². The summed E-state index contributed by atoms with van der Waals surface area (Å²) in [7, 11) is 3.89. The molecular formula is C11H11NO2. The Balaban J connectivity index is 2.69. The van der Waals surface area contributed by atoms with Gasteiger partial charge in [-0.05, 0) is 18.2 Å². The summed E-state index contributed by atoms with van der Waals surface area (Å²) < 4.78 is 5.07. The molecule has 0 saturated carbocycles. The van der Waals surface area contributed by atoms with Gasteiger partial charge in [0.25, 0.3) is 0 Å². The van der Waals surface area contributed by atoms with Gasteiger partial charge in [-0.3, -0.25) is 0 Å². The summed E-state index contributed by atoms with van der Waals surface area (Å²) in [4.78, 5) is 12.9. The lowest BCUT2D eigenvalue weighted by Gasteiger charge is -2.11. The van der Waals surface area contributed by atoms with Gasteiger partial charge in [0.05, 0.1) is 0 Å². The van der Waals surface area contributed by atoms with Gasteiger partial charge in [-0.2, -0.15) is 0 Å². The van der Waals surface area contributed by atoms with Crippen LogP contribution in [0, 0.1) is 0 Å². The molecule has 0 aliphatic heterocycles. The molecule has 14 heavy (non-hydrogen) atoms. The van der Waals surface area contributed by atoms with Crippen LogP contribution in [0.4, 0.5) is 5.69 Å². The van der Waals surface area contributed by atoms with E-state index in [2.05, 4.69) is 0 Å². The zero-order valence-electron chi connectivity index (χ0n) is 8.15. The molecule has 1 aromatic heterocycles. The zero-order chi connectivity index (χ0) is 10.1. The summed E-state index contributed by atoms with van der Waals surface area (Å²) >= 11 is 0. The van der Waals surface area contributed by atoms with E-state index in [0.29, 0.717) is 5.58 Å². The number of hydrogen-bond acceptors (Lipinski definition) is 3. The Morgan fingerprint density at radius 2 is 1.86 bits per heavy atom. The first-order valence-electron chi connectivity index (χ1n) is 4.38. The lowest BCUT2D eigenvalue weighted by atomic mass is 10.2. The van der Waals surface area contributed by atoms with Crippen LogP contribution < -0.4 is 10.5 Å². The molecule has 0 saturated heterocycles. The highest BCUT2D eigenvalue weighted by atomic mass is 16.4. The molecule has 3 nitrogen and oxygen atoms in total. The predicted molar refractivity (Wildman–Crippen MR) is 56.8 cm³/mol. The van der Waals surface area contributed by atoms with Crippen molar-refractivity contribution >= 4 is 16.7 Å². The van der Waals surface area contributed by atoms with Crippen LogP contribution in [0.2, 0.25) is 0 Å². The zero-order valence-corrected chi connectivity index (χ0v) is 8.15.